The van der Waals surface area contributed by atoms with Crippen LogP contribution in [0.4, 0.5) is 10.2 Å². The quantitative estimate of drug-likeness (QED) is 0.407. The van der Waals surface area contributed by atoms with E-state index in [2.05, 4.69) is 20.3 Å². The van der Waals surface area contributed by atoms with Crippen LogP contribution in [0.1, 0.15) is 18.7 Å². The van der Waals surface area contributed by atoms with E-state index < -0.39 is 5.82 Å². The third-order valence-electron chi connectivity index (χ3n) is 5.26. The minimum atomic E-state index is -0.448. The predicted octanol–water partition coefficient (Wildman–Crippen LogP) is 5.23. The Kier molecular flexibility index (Phi) is 4.67. The molecular formula is C23H17ClFN5O. The maximum atomic E-state index is 14.3. The van der Waals surface area contributed by atoms with Gasteiger partial charge in [-0.05, 0) is 36.6 Å². The van der Waals surface area contributed by atoms with E-state index in [9.17, 15) is 9.18 Å². The Hall–Kier alpha value is -3.71. The van der Waals surface area contributed by atoms with Crippen LogP contribution in [0.3, 0.4) is 0 Å². The summed E-state index contributed by atoms with van der Waals surface area (Å²) in [6, 6.07) is 16.2. The summed E-state index contributed by atoms with van der Waals surface area (Å²) >= 11 is 6.36. The number of halogens is 2. The van der Waals surface area contributed by atoms with E-state index in [1.54, 1.807) is 10.6 Å². The second-order valence-electron chi connectivity index (χ2n) is 7.20. The molecule has 0 fully saturated rings. The first-order valence-electron chi connectivity index (χ1n) is 9.68. The van der Waals surface area contributed by atoms with Crippen LogP contribution >= 0.6 is 11.6 Å². The van der Waals surface area contributed by atoms with Gasteiger partial charge in [-0.15, -0.1) is 0 Å². The number of aromatic amines is 1. The van der Waals surface area contributed by atoms with E-state index in [-0.39, 0.29) is 17.0 Å². The largest absolute Gasteiger partial charge is 0.361 e. The van der Waals surface area contributed by atoms with Gasteiger partial charge in [0.25, 0.3) is 5.56 Å². The molecule has 2 aromatic carbocycles. The molecule has 0 radical (unpaired) electrons. The Bertz CT molecular complexity index is 1480. The Balaban J connectivity index is 1.71. The second kappa shape index (κ2) is 7.52. The molecule has 8 heteroatoms. The smallest absolute Gasteiger partial charge is 0.264 e. The van der Waals surface area contributed by atoms with Crippen molar-refractivity contribution in [3.8, 4) is 5.69 Å². The lowest BCUT2D eigenvalue weighted by molar-refractivity contribution is 0.639. The van der Waals surface area contributed by atoms with Crippen molar-refractivity contribution < 1.29 is 4.39 Å². The van der Waals surface area contributed by atoms with Gasteiger partial charge in [-0.1, -0.05) is 41.9 Å². The summed E-state index contributed by atoms with van der Waals surface area (Å²) in [6.45, 7) is 1.89. The molecule has 154 valence electrons. The molecule has 3 aromatic heterocycles. The lowest BCUT2D eigenvalue weighted by atomic mass is 10.1. The van der Waals surface area contributed by atoms with Crippen molar-refractivity contribution in [2.75, 3.05) is 5.32 Å². The number of hydrogen-bond donors (Lipinski definition) is 2. The second-order valence-corrected chi connectivity index (χ2v) is 7.61. The average molecular weight is 434 g/mol. The fourth-order valence-corrected chi connectivity index (χ4v) is 4.08. The molecule has 0 spiro atoms. The van der Waals surface area contributed by atoms with Gasteiger partial charge in [0, 0.05) is 17.6 Å². The molecule has 0 amide bonds. The topological polar surface area (TPSA) is 75.6 Å². The summed E-state index contributed by atoms with van der Waals surface area (Å²) in [4.78, 5) is 24.6. The summed E-state index contributed by atoms with van der Waals surface area (Å²) in [7, 11) is 0. The molecule has 0 saturated heterocycles. The van der Waals surface area contributed by atoms with Gasteiger partial charge in [0.15, 0.2) is 5.82 Å². The Morgan fingerprint density at radius 3 is 2.71 bits per heavy atom. The monoisotopic (exact) mass is 433 g/mol. The molecule has 0 bridgehead atoms. The van der Waals surface area contributed by atoms with E-state index in [0.717, 1.165) is 5.39 Å². The summed E-state index contributed by atoms with van der Waals surface area (Å²) in [5.41, 5.74) is 1.57. The first kappa shape index (κ1) is 19.3. The maximum Gasteiger partial charge on any atom is 0.264 e. The molecule has 0 aliphatic heterocycles. The zero-order chi connectivity index (χ0) is 21.5. The summed E-state index contributed by atoms with van der Waals surface area (Å²) < 4.78 is 15.9. The van der Waals surface area contributed by atoms with Gasteiger partial charge in [0.05, 0.1) is 21.8 Å². The van der Waals surface area contributed by atoms with Crippen LogP contribution < -0.4 is 10.9 Å². The van der Waals surface area contributed by atoms with Crippen molar-refractivity contribution in [2.45, 2.75) is 13.0 Å². The average Bonchev–Trinajstić information content (AvgIpc) is 3.16. The third-order valence-corrected chi connectivity index (χ3v) is 5.57. The van der Waals surface area contributed by atoms with Crippen LogP contribution in [0.15, 0.2) is 71.9 Å². The number of fused-ring (bicyclic) bond motifs is 2. The van der Waals surface area contributed by atoms with Gasteiger partial charge in [-0.2, -0.15) is 0 Å². The molecule has 0 saturated carbocycles. The van der Waals surface area contributed by atoms with Crippen molar-refractivity contribution in [1.29, 1.82) is 0 Å². The minimum Gasteiger partial charge on any atom is -0.361 e. The minimum absolute atomic E-state index is 0.224. The number of hydrogen-bond acceptors (Lipinski definition) is 4. The molecule has 1 unspecified atom stereocenters. The van der Waals surface area contributed by atoms with Crippen molar-refractivity contribution in [1.82, 2.24) is 19.5 Å². The number of nitrogens with zero attached hydrogens (tertiary/aromatic N) is 3. The SMILES string of the molecule is CC(Nc1ncnc2[nH]cc(F)c12)c1cc2cccc(Cl)c2c(=O)n1-c1ccccc1. The molecule has 31 heavy (non-hydrogen) atoms. The highest BCUT2D eigenvalue weighted by molar-refractivity contribution is 6.35. The lowest BCUT2D eigenvalue weighted by Gasteiger charge is -2.21. The summed E-state index contributed by atoms with van der Waals surface area (Å²) in [5.74, 6) is -0.106. The molecule has 3 heterocycles. The molecule has 5 aromatic rings. The van der Waals surface area contributed by atoms with Crippen molar-refractivity contribution in [2.24, 2.45) is 0 Å². The normalized spacial score (nSPS) is 12.4. The number of nitrogens with one attached hydrogen (secondary N) is 2. The number of H-pyrrole nitrogens is 1. The highest BCUT2D eigenvalue weighted by atomic mass is 35.5. The van der Waals surface area contributed by atoms with E-state index in [4.69, 9.17) is 11.6 Å². The molecule has 1 atom stereocenters. The first-order chi connectivity index (χ1) is 15.0. The van der Waals surface area contributed by atoms with E-state index >= 15 is 0 Å². The Labute approximate surface area is 181 Å². The van der Waals surface area contributed by atoms with Crippen LogP contribution in [0, 0.1) is 5.82 Å². The molecule has 5 rings (SSSR count). The number of aromatic nitrogens is 4. The van der Waals surface area contributed by atoms with E-state index in [0.29, 0.717) is 33.3 Å². The Morgan fingerprint density at radius 2 is 1.90 bits per heavy atom. The first-order valence-corrected chi connectivity index (χ1v) is 10.1. The van der Waals surface area contributed by atoms with Gasteiger partial charge < -0.3 is 10.3 Å². The van der Waals surface area contributed by atoms with Crippen LogP contribution in [0.5, 0.6) is 0 Å². The van der Waals surface area contributed by atoms with Crippen LogP contribution in [-0.2, 0) is 0 Å². The van der Waals surface area contributed by atoms with Crippen molar-refractivity contribution in [3.05, 3.63) is 94.0 Å². The van der Waals surface area contributed by atoms with Crippen molar-refractivity contribution in [3.63, 3.8) is 0 Å². The standard InChI is InChI=1S/C23H17ClFN5O/c1-13(29-22-20-17(25)11-26-21(20)27-12-28-22)18-10-14-6-5-9-16(24)19(14)23(31)30(18)15-7-3-2-4-8-15/h2-13H,1H3,(H2,26,27,28,29). The molecule has 0 aliphatic carbocycles. The van der Waals surface area contributed by atoms with Gasteiger partial charge in [-0.25, -0.2) is 14.4 Å². The van der Waals surface area contributed by atoms with Gasteiger partial charge >= 0.3 is 0 Å². The van der Waals surface area contributed by atoms with Gasteiger partial charge in [0.1, 0.15) is 17.8 Å². The van der Waals surface area contributed by atoms with Crippen LogP contribution in [-0.4, -0.2) is 19.5 Å². The van der Waals surface area contributed by atoms with Crippen molar-refractivity contribution >= 4 is 39.2 Å². The van der Waals surface area contributed by atoms with Gasteiger partial charge in [-0.3, -0.25) is 9.36 Å². The maximum absolute atomic E-state index is 14.3. The fraction of sp³-hybridized carbons (Fsp3) is 0.0870. The van der Waals surface area contributed by atoms with Crippen LogP contribution in [0.25, 0.3) is 27.5 Å². The number of rotatable bonds is 4. The predicted molar refractivity (Wildman–Crippen MR) is 120 cm³/mol. The molecule has 6 nitrogen and oxygen atoms in total. The summed E-state index contributed by atoms with van der Waals surface area (Å²) in [5, 5.41) is 5.09. The van der Waals surface area contributed by atoms with Crippen LogP contribution in [0.2, 0.25) is 5.02 Å². The third kappa shape index (κ3) is 3.23. The zero-order valence-electron chi connectivity index (χ0n) is 16.4. The summed E-state index contributed by atoms with van der Waals surface area (Å²) in [6.07, 6.45) is 2.60. The highest BCUT2D eigenvalue weighted by Gasteiger charge is 2.20. The van der Waals surface area contributed by atoms with Gasteiger partial charge in [0.2, 0.25) is 0 Å². The molecule has 0 aliphatic rings. The highest BCUT2D eigenvalue weighted by Crippen LogP contribution is 2.29. The molecule has 2 N–H and O–H groups in total. The number of anilines is 1. The Morgan fingerprint density at radius 1 is 1.10 bits per heavy atom. The number of para-hydroxylation sites is 1. The molecular weight excluding hydrogens is 417 g/mol. The lowest BCUT2D eigenvalue weighted by Crippen LogP contribution is -2.25. The van der Waals surface area contributed by atoms with E-state index in [1.807, 2.05) is 55.5 Å². The number of pyridine rings is 1. The fourth-order valence-electron chi connectivity index (χ4n) is 3.82. The zero-order valence-corrected chi connectivity index (χ0v) is 17.2. The van der Waals surface area contributed by atoms with E-state index in [1.165, 1.54) is 12.5 Å². The number of benzene rings is 2.